The number of hydrogen-bond donors (Lipinski definition) is 2. The minimum atomic E-state index is -0.879. The van der Waals surface area contributed by atoms with Gasteiger partial charge < -0.3 is 14.5 Å². The second-order valence-electron chi connectivity index (χ2n) is 6.08. The summed E-state index contributed by atoms with van der Waals surface area (Å²) in [5.74, 6) is -1.00. The molecule has 8 heteroatoms. The van der Waals surface area contributed by atoms with Crippen molar-refractivity contribution in [3.05, 3.63) is 69.8 Å². The van der Waals surface area contributed by atoms with Crippen molar-refractivity contribution in [1.82, 2.24) is 5.32 Å². The first-order valence-electron chi connectivity index (χ1n) is 8.37. The van der Waals surface area contributed by atoms with E-state index >= 15 is 0 Å². The predicted octanol–water partition coefficient (Wildman–Crippen LogP) is 3.28. The zero-order valence-corrected chi connectivity index (χ0v) is 15.2. The van der Waals surface area contributed by atoms with E-state index in [1.807, 2.05) is 5.32 Å². The number of hydrogen-bond acceptors (Lipinski definition) is 5. The van der Waals surface area contributed by atoms with E-state index in [0.717, 1.165) is 10.9 Å². The van der Waals surface area contributed by atoms with E-state index in [9.17, 15) is 18.8 Å². The molecule has 2 N–H and O–H groups in total. The average molecular weight is 384 g/mol. The molecule has 2 aromatic carbocycles. The van der Waals surface area contributed by atoms with Crippen LogP contribution in [0.5, 0.6) is 5.75 Å². The molecule has 0 aliphatic heterocycles. The van der Waals surface area contributed by atoms with Crippen LogP contribution in [0.1, 0.15) is 11.1 Å². The van der Waals surface area contributed by atoms with Gasteiger partial charge >= 0.3 is 11.7 Å². The number of amides is 3. The number of carbonyl (C=O) groups is 2. The highest BCUT2D eigenvalue weighted by atomic mass is 19.1. The molecule has 3 aromatic rings. The molecular weight excluding hydrogens is 367 g/mol. The number of benzene rings is 2. The number of anilines is 1. The summed E-state index contributed by atoms with van der Waals surface area (Å²) in [4.78, 5) is 35.3. The third-order valence-corrected chi connectivity index (χ3v) is 4.05. The van der Waals surface area contributed by atoms with Crippen molar-refractivity contribution in [3.63, 3.8) is 0 Å². The molecule has 1 aromatic heterocycles. The van der Waals surface area contributed by atoms with Crippen LogP contribution in [0.2, 0.25) is 0 Å². The van der Waals surface area contributed by atoms with Gasteiger partial charge in [-0.2, -0.15) is 0 Å². The highest BCUT2D eigenvalue weighted by molar-refractivity contribution is 6.01. The van der Waals surface area contributed by atoms with Crippen LogP contribution in [0, 0.1) is 19.7 Å². The highest BCUT2D eigenvalue weighted by Crippen LogP contribution is 2.28. The molecule has 144 valence electrons. The lowest BCUT2D eigenvalue weighted by molar-refractivity contribution is -0.121. The lowest BCUT2D eigenvalue weighted by Crippen LogP contribution is -2.37. The van der Waals surface area contributed by atoms with E-state index in [4.69, 9.17) is 9.15 Å². The summed E-state index contributed by atoms with van der Waals surface area (Å²) in [5, 5.41) is 5.04. The van der Waals surface area contributed by atoms with Crippen molar-refractivity contribution in [2.24, 2.45) is 0 Å². The van der Waals surface area contributed by atoms with Crippen LogP contribution in [0.15, 0.2) is 51.7 Å². The molecule has 0 aliphatic rings. The number of nitrogens with one attached hydrogen (secondary N) is 2. The van der Waals surface area contributed by atoms with Crippen LogP contribution in [-0.4, -0.2) is 18.5 Å². The molecule has 0 atom stereocenters. The molecule has 28 heavy (non-hydrogen) atoms. The number of fused-ring (bicyclic) bond motifs is 1. The van der Waals surface area contributed by atoms with Crippen molar-refractivity contribution in [2.75, 3.05) is 11.9 Å². The maximum atomic E-state index is 13.5. The van der Waals surface area contributed by atoms with Gasteiger partial charge in [-0.05, 0) is 43.7 Å². The number of aryl methyl sites for hydroxylation is 2. The molecule has 0 saturated carbocycles. The number of carbonyl (C=O) groups excluding carboxylic acids is 2. The minimum absolute atomic E-state index is 0.0514. The SMILES string of the molecule is Cc1cc(=O)oc2c(C)c(OCC(=O)NC(=O)Nc3ccccc3F)ccc12. The average Bonchev–Trinajstić information content (AvgIpc) is 2.63. The molecule has 7 nitrogen and oxygen atoms in total. The van der Waals surface area contributed by atoms with Gasteiger partial charge in [-0.15, -0.1) is 0 Å². The molecule has 1 heterocycles. The molecule has 3 amide bonds. The van der Waals surface area contributed by atoms with Gasteiger partial charge in [0, 0.05) is 17.0 Å². The second-order valence-corrected chi connectivity index (χ2v) is 6.08. The first-order chi connectivity index (χ1) is 13.3. The molecule has 0 spiro atoms. The second kappa shape index (κ2) is 7.91. The largest absolute Gasteiger partial charge is 0.483 e. The van der Waals surface area contributed by atoms with Gasteiger partial charge in [0.2, 0.25) is 0 Å². The third-order valence-electron chi connectivity index (χ3n) is 4.05. The molecule has 0 fully saturated rings. The fraction of sp³-hybridized carbons (Fsp3) is 0.150. The number of rotatable bonds is 4. The normalized spacial score (nSPS) is 10.5. The summed E-state index contributed by atoms with van der Waals surface area (Å²) in [7, 11) is 0. The maximum absolute atomic E-state index is 13.5. The Hall–Kier alpha value is -3.68. The third kappa shape index (κ3) is 4.17. The topological polar surface area (TPSA) is 97.6 Å². The number of ether oxygens (including phenoxy) is 1. The monoisotopic (exact) mass is 384 g/mol. The van der Waals surface area contributed by atoms with E-state index in [1.165, 1.54) is 24.3 Å². The molecule has 0 bridgehead atoms. The summed E-state index contributed by atoms with van der Waals surface area (Å²) in [6, 6.07) is 9.46. The van der Waals surface area contributed by atoms with Gasteiger partial charge in [-0.1, -0.05) is 12.1 Å². The first-order valence-corrected chi connectivity index (χ1v) is 8.37. The van der Waals surface area contributed by atoms with Gasteiger partial charge in [0.1, 0.15) is 17.1 Å². The Morgan fingerprint density at radius 3 is 2.64 bits per heavy atom. The Bertz CT molecular complexity index is 1120. The van der Waals surface area contributed by atoms with Crippen LogP contribution in [0.4, 0.5) is 14.9 Å². The van der Waals surface area contributed by atoms with Crippen LogP contribution >= 0.6 is 0 Å². The van der Waals surface area contributed by atoms with Crippen LogP contribution in [-0.2, 0) is 4.79 Å². The highest BCUT2D eigenvalue weighted by Gasteiger charge is 2.13. The molecule has 0 saturated heterocycles. The molecule has 0 unspecified atom stereocenters. The van der Waals surface area contributed by atoms with E-state index in [-0.39, 0.29) is 5.69 Å². The standard InChI is InChI=1S/C20H17FN2O5/c1-11-9-18(25)28-19-12(2)16(8-7-13(11)19)27-10-17(24)23-20(26)22-15-6-4-3-5-14(15)21/h3-9H,10H2,1-2H3,(H2,22,23,24,26). The Labute approximate surface area is 159 Å². The van der Waals surface area contributed by atoms with Crippen LogP contribution in [0.25, 0.3) is 11.0 Å². The first kappa shape index (κ1) is 19.1. The van der Waals surface area contributed by atoms with Crippen molar-refractivity contribution in [1.29, 1.82) is 0 Å². The fourth-order valence-electron chi connectivity index (χ4n) is 2.68. The smallest absolute Gasteiger partial charge is 0.336 e. The van der Waals surface area contributed by atoms with E-state index in [1.54, 1.807) is 32.0 Å². The lowest BCUT2D eigenvalue weighted by Gasteiger charge is -2.11. The van der Waals surface area contributed by atoms with Crippen molar-refractivity contribution in [3.8, 4) is 5.75 Å². The van der Waals surface area contributed by atoms with Gasteiger partial charge in [-0.25, -0.2) is 14.0 Å². The summed E-state index contributed by atoms with van der Waals surface area (Å²) in [6.45, 7) is 3.04. The van der Waals surface area contributed by atoms with Gasteiger partial charge in [-0.3, -0.25) is 10.1 Å². The van der Waals surface area contributed by atoms with Crippen molar-refractivity contribution < 1.29 is 23.1 Å². The van der Waals surface area contributed by atoms with E-state index in [0.29, 0.717) is 16.9 Å². The Morgan fingerprint density at radius 2 is 1.89 bits per heavy atom. The number of halogens is 1. The summed E-state index contributed by atoms with van der Waals surface area (Å²) in [5.41, 5.74) is 1.17. The minimum Gasteiger partial charge on any atom is -0.483 e. The predicted molar refractivity (Wildman–Crippen MR) is 101 cm³/mol. The molecule has 0 radical (unpaired) electrons. The van der Waals surface area contributed by atoms with E-state index < -0.39 is 30.0 Å². The van der Waals surface area contributed by atoms with E-state index in [2.05, 4.69) is 5.32 Å². The summed E-state index contributed by atoms with van der Waals surface area (Å²) < 4.78 is 24.2. The van der Waals surface area contributed by atoms with Crippen LogP contribution in [0.3, 0.4) is 0 Å². The summed E-state index contributed by atoms with van der Waals surface area (Å²) >= 11 is 0. The Balaban J connectivity index is 1.64. The Morgan fingerprint density at radius 1 is 1.14 bits per heavy atom. The van der Waals surface area contributed by atoms with Crippen LogP contribution < -0.4 is 21.0 Å². The number of para-hydroxylation sites is 1. The Kier molecular flexibility index (Phi) is 5.39. The van der Waals surface area contributed by atoms with Gasteiger partial charge in [0.25, 0.3) is 5.91 Å². The van der Waals surface area contributed by atoms with Crippen molar-refractivity contribution >= 4 is 28.6 Å². The van der Waals surface area contributed by atoms with Crippen molar-refractivity contribution in [2.45, 2.75) is 13.8 Å². The lowest BCUT2D eigenvalue weighted by atomic mass is 10.1. The molecule has 0 aliphatic carbocycles. The van der Waals surface area contributed by atoms with Gasteiger partial charge in [0.05, 0.1) is 5.69 Å². The number of urea groups is 1. The molecular formula is C20H17FN2O5. The molecule has 3 rings (SSSR count). The maximum Gasteiger partial charge on any atom is 0.336 e. The summed E-state index contributed by atoms with van der Waals surface area (Å²) in [6.07, 6.45) is 0. The zero-order valence-electron chi connectivity index (χ0n) is 15.2. The fourth-order valence-corrected chi connectivity index (χ4v) is 2.68. The van der Waals surface area contributed by atoms with Gasteiger partial charge in [0.15, 0.2) is 6.61 Å². The quantitative estimate of drug-likeness (QED) is 0.673. The zero-order chi connectivity index (χ0) is 20.3. The number of imide groups is 1.